The van der Waals surface area contributed by atoms with Crippen LogP contribution in [0.15, 0.2) is 75.9 Å². The molecule has 3 aliphatic heterocycles. The molecule has 2 aromatic rings. The second-order valence-electron chi connectivity index (χ2n) is 9.39. The molecule has 152 valence electrons. The van der Waals surface area contributed by atoms with E-state index in [0.717, 1.165) is 53.3 Å². The molecule has 1 unspecified atom stereocenters. The lowest BCUT2D eigenvalue weighted by molar-refractivity contribution is -0.954. The smallest absolute Gasteiger partial charge is 0.148 e. The molecule has 4 atom stereocenters. The molecule has 3 heterocycles. The van der Waals surface area contributed by atoms with Gasteiger partial charge in [-0.15, -0.1) is 0 Å². The zero-order valence-electron chi connectivity index (χ0n) is 17.2. The van der Waals surface area contributed by atoms with Crippen LogP contribution in [0.1, 0.15) is 30.9 Å². The number of anilines is 1. The van der Waals surface area contributed by atoms with Gasteiger partial charge >= 0.3 is 0 Å². The molecule has 4 aliphatic rings. The molecule has 4 heteroatoms. The molecule has 2 aromatic carbocycles. The number of carbonyl (C=O) groups excluding carboxylic acids is 1. The van der Waals surface area contributed by atoms with Crippen molar-refractivity contribution >= 4 is 27.9 Å². The number of halogens is 1. The van der Waals surface area contributed by atoms with E-state index >= 15 is 0 Å². The number of benzene rings is 2. The van der Waals surface area contributed by atoms with Crippen LogP contribution in [0.25, 0.3) is 0 Å². The first-order valence-electron chi connectivity index (χ1n) is 10.9. The number of para-hydroxylation sites is 1. The van der Waals surface area contributed by atoms with E-state index in [4.69, 9.17) is 0 Å². The van der Waals surface area contributed by atoms with Crippen LogP contribution >= 0.6 is 15.9 Å². The molecule has 1 spiro atoms. The third-order valence-corrected chi connectivity index (χ3v) is 8.80. The van der Waals surface area contributed by atoms with Crippen molar-refractivity contribution in [3.05, 3.63) is 87.0 Å². The van der Waals surface area contributed by atoms with Crippen LogP contribution in [-0.2, 0) is 16.8 Å². The van der Waals surface area contributed by atoms with Crippen molar-refractivity contribution in [1.82, 2.24) is 0 Å². The van der Waals surface area contributed by atoms with Crippen molar-refractivity contribution in [2.75, 3.05) is 18.4 Å². The average molecular weight is 462 g/mol. The van der Waals surface area contributed by atoms with Gasteiger partial charge in [-0.05, 0) is 36.3 Å². The summed E-state index contributed by atoms with van der Waals surface area (Å²) in [5.41, 5.74) is 7.60. The second kappa shape index (κ2) is 6.41. The van der Waals surface area contributed by atoms with Crippen LogP contribution in [0.5, 0.6) is 0 Å². The third kappa shape index (κ3) is 2.27. The Hall–Kier alpha value is -2.17. The van der Waals surface area contributed by atoms with Crippen LogP contribution in [0.3, 0.4) is 0 Å². The quantitative estimate of drug-likeness (QED) is 0.379. The number of nitrogens with zero attached hydrogens (tertiary/aromatic N) is 1. The van der Waals surface area contributed by atoms with Crippen molar-refractivity contribution in [2.45, 2.75) is 37.8 Å². The Morgan fingerprint density at radius 3 is 2.77 bits per heavy atom. The predicted octanol–water partition coefficient (Wildman–Crippen LogP) is 5.33. The number of aldehydes is 1. The van der Waals surface area contributed by atoms with Crippen LogP contribution in [0.4, 0.5) is 5.69 Å². The van der Waals surface area contributed by atoms with E-state index in [-0.39, 0.29) is 11.3 Å². The lowest BCUT2D eigenvalue weighted by atomic mass is 9.61. The molecule has 6 rings (SSSR count). The van der Waals surface area contributed by atoms with E-state index in [9.17, 15) is 4.79 Å². The molecule has 0 aromatic heterocycles. The Labute approximate surface area is 186 Å². The first-order valence-corrected chi connectivity index (χ1v) is 11.7. The SMILES string of the molecule is C/C=C1/C[N+]2(Cc3ccc(Br)cc3)CC[C@]34C(=C(C=O)[C@H]1C[C@@H]32)Nc1ccccc14. The van der Waals surface area contributed by atoms with Crippen molar-refractivity contribution in [2.24, 2.45) is 5.92 Å². The van der Waals surface area contributed by atoms with E-state index in [1.54, 1.807) is 0 Å². The summed E-state index contributed by atoms with van der Waals surface area (Å²) in [5.74, 6) is 0.261. The molecule has 3 nitrogen and oxygen atoms in total. The summed E-state index contributed by atoms with van der Waals surface area (Å²) in [5, 5.41) is 3.72. The van der Waals surface area contributed by atoms with Gasteiger partial charge < -0.3 is 9.80 Å². The summed E-state index contributed by atoms with van der Waals surface area (Å²) in [4.78, 5) is 12.4. The molecule has 0 amide bonds. The molecule has 0 saturated carbocycles. The Morgan fingerprint density at radius 1 is 1.20 bits per heavy atom. The van der Waals surface area contributed by atoms with E-state index in [2.05, 4.69) is 82.8 Å². The first-order chi connectivity index (χ1) is 14.6. The molecule has 30 heavy (non-hydrogen) atoms. The minimum Gasteiger partial charge on any atom is -0.357 e. The highest BCUT2D eigenvalue weighted by molar-refractivity contribution is 9.10. The zero-order chi connectivity index (χ0) is 20.5. The summed E-state index contributed by atoms with van der Waals surface area (Å²) in [6.45, 7) is 5.40. The number of hydrogen-bond acceptors (Lipinski definition) is 2. The normalized spacial score (nSPS) is 34.5. The minimum absolute atomic E-state index is 0.0437. The third-order valence-electron chi connectivity index (χ3n) is 8.27. The number of rotatable bonds is 3. The maximum absolute atomic E-state index is 12.4. The van der Waals surface area contributed by atoms with Crippen molar-refractivity contribution in [3.8, 4) is 0 Å². The standard InChI is InChI=1S/C26H25BrN2O/c1-2-18-15-29(14-17-7-9-19(27)10-8-17)12-11-26-22-5-3-4-6-23(22)28-25(26)21(16-30)20(18)13-24(26)29/h2-10,16,20,24H,11-15H2,1H3/p+1/b18-2-/t20-,24-,26+,29?/m0/s1. The lowest BCUT2D eigenvalue weighted by Gasteiger charge is -2.53. The number of piperidine rings is 1. The molecule has 1 aliphatic carbocycles. The summed E-state index contributed by atoms with van der Waals surface area (Å²) < 4.78 is 2.23. The van der Waals surface area contributed by atoms with Crippen molar-refractivity contribution in [1.29, 1.82) is 0 Å². The Kier molecular flexibility index (Phi) is 3.97. The fourth-order valence-electron chi connectivity index (χ4n) is 7.08. The van der Waals surface area contributed by atoms with Crippen LogP contribution in [0, 0.1) is 5.92 Å². The topological polar surface area (TPSA) is 29.1 Å². The molecule has 1 N–H and O–H groups in total. The second-order valence-corrected chi connectivity index (χ2v) is 10.3. The largest absolute Gasteiger partial charge is 0.357 e. The van der Waals surface area contributed by atoms with Gasteiger partial charge in [0.2, 0.25) is 0 Å². The number of hydrogen-bond donors (Lipinski definition) is 1. The van der Waals surface area contributed by atoms with Gasteiger partial charge in [-0.3, -0.25) is 4.79 Å². The van der Waals surface area contributed by atoms with Gasteiger partial charge in [0.15, 0.2) is 0 Å². The van der Waals surface area contributed by atoms with Crippen LogP contribution in [-0.4, -0.2) is 29.9 Å². The van der Waals surface area contributed by atoms with Gasteiger partial charge in [0.05, 0.1) is 12.0 Å². The van der Waals surface area contributed by atoms with Gasteiger partial charge in [-0.2, -0.15) is 0 Å². The highest BCUT2D eigenvalue weighted by atomic mass is 79.9. The minimum atomic E-state index is -0.0437. The number of allylic oxidation sites excluding steroid dienone is 2. The summed E-state index contributed by atoms with van der Waals surface area (Å²) in [6, 6.07) is 18.1. The highest BCUT2D eigenvalue weighted by Crippen LogP contribution is 2.63. The Balaban J connectivity index is 1.56. The fraction of sp³-hybridized carbons (Fsp3) is 0.346. The molecular formula is C26H26BrN2O+. The van der Waals surface area contributed by atoms with Crippen LogP contribution < -0.4 is 5.32 Å². The fourth-order valence-corrected chi connectivity index (χ4v) is 7.35. The monoisotopic (exact) mass is 461 g/mol. The molecular weight excluding hydrogens is 436 g/mol. The van der Waals surface area contributed by atoms with E-state index in [0.29, 0.717) is 6.04 Å². The maximum atomic E-state index is 12.4. The summed E-state index contributed by atoms with van der Waals surface area (Å²) >= 11 is 3.58. The van der Waals surface area contributed by atoms with E-state index in [1.807, 2.05) is 0 Å². The molecule has 2 bridgehead atoms. The molecule has 2 saturated heterocycles. The maximum Gasteiger partial charge on any atom is 0.148 e. The average Bonchev–Trinajstić information content (AvgIpc) is 3.29. The number of quaternary nitrogens is 1. The summed E-state index contributed by atoms with van der Waals surface area (Å²) in [6.07, 6.45) is 5.60. The van der Waals surface area contributed by atoms with Crippen molar-refractivity contribution in [3.63, 3.8) is 0 Å². The van der Waals surface area contributed by atoms with E-state index < -0.39 is 0 Å². The Morgan fingerprint density at radius 2 is 2.00 bits per heavy atom. The number of carbonyl (C=O) groups is 1. The van der Waals surface area contributed by atoms with Gasteiger partial charge in [0.1, 0.15) is 25.4 Å². The highest BCUT2D eigenvalue weighted by Gasteiger charge is 2.68. The number of fused-ring (bicyclic) bond motifs is 2. The van der Waals surface area contributed by atoms with Gasteiger partial charge in [0, 0.05) is 45.8 Å². The first kappa shape index (κ1) is 18.6. The Bertz CT molecular complexity index is 1120. The predicted molar refractivity (Wildman–Crippen MR) is 123 cm³/mol. The van der Waals surface area contributed by atoms with E-state index in [1.165, 1.54) is 28.1 Å². The lowest BCUT2D eigenvalue weighted by Crippen LogP contribution is -2.62. The van der Waals surface area contributed by atoms with Gasteiger partial charge in [-0.1, -0.05) is 52.3 Å². The molecule has 2 fully saturated rings. The van der Waals surface area contributed by atoms with Crippen LogP contribution in [0.2, 0.25) is 0 Å². The zero-order valence-corrected chi connectivity index (χ0v) is 18.8. The van der Waals surface area contributed by atoms with Gasteiger partial charge in [0.25, 0.3) is 0 Å². The van der Waals surface area contributed by atoms with Crippen molar-refractivity contribution < 1.29 is 9.28 Å². The summed E-state index contributed by atoms with van der Waals surface area (Å²) in [7, 11) is 0. The molecule has 0 radical (unpaired) electrons. The van der Waals surface area contributed by atoms with Gasteiger partial charge in [-0.25, -0.2) is 0 Å². The number of nitrogens with one attached hydrogen (secondary N) is 1.